The highest BCUT2D eigenvalue weighted by Crippen LogP contribution is 2.29. The fourth-order valence-electron chi connectivity index (χ4n) is 3.55. The summed E-state index contributed by atoms with van der Waals surface area (Å²) in [6.45, 7) is 2.06. The van der Waals surface area contributed by atoms with E-state index in [9.17, 15) is 25.2 Å². The maximum absolute atomic E-state index is 11.4. The summed E-state index contributed by atoms with van der Waals surface area (Å²) in [4.78, 5) is 11.4. The molecule has 0 aliphatic carbocycles. The number of nitrogens with one attached hydrogen (secondary N) is 1. The molecule has 0 bridgehead atoms. The Bertz CT molecular complexity index is 495. The lowest BCUT2D eigenvalue weighted by atomic mass is 9.92. The van der Waals surface area contributed by atoms with E-state index in [4.69, 9.17) is 24.7 Å². The summed E-state index contributed by atoms with van der Waals surface area (Å²) in [5.74, 6) is -0.361. The van der Waals surface area contributed by atoms with Crippen LogP contribution in [0, 0.1) is 0 Å². The van der Waals surface area contributed by atoms with Crippen molar-refractivity contribution < 1.29 is 44.2 Å². The summed E-state index contributed by atoms with van der Waals surface area (Å²) >= 11 is 0. The number of rotatable bonds is 6. The van der Waals surface area contributed by atoms with Crippen molar-refractivity contribution in [2.45, 2.75) is 74.9 Å². The zero-order valence-corrected chi connectivity index (χ0v) is 15.6. The number of ether oxygens (including phenoxy) is 4. The van der Waals surface area contributed by atoms with E-state index >= 15 is 0 Å². The Labute approximate surface area is 157 Å². The predicted molar refractivity (Wildman–Crippen MR) is 90.4 cm³/mol. The van der Waals surface area contributed by atoms with E-state index in [1.54, 1.807) is 6.92 Å². The number of aliphatic hydroxyl groups excluding tert-OH is 4. The lowest BCUT2D eigenvalue weighted by Gasteiger charge is -2.47. The number of hydrogen-bond acceptors (Lipinski definition) is 10. The van der Waals surface area contributed by atoms with Gasteiger partial charge in [0, 0.05) is 14.0 Å². The Balaban J connectivity index is 2.17. The minimum Gasteiger partial charge on any atom is -0.394 e. The molecule has 2 aliphatic rings. The van der Waals surface area contributed by atoms with Gasteiger partial charge in [-0.05, 0) is 6.92 Å². The van der Waals surface area contributed by atoms with Crippen molar-refractivity contribution in [3.8, 4) is 0 Å². The first-order valence-corrected chi connectivity index (χ1v) is 8.84. The number of aliphatic hydroxyl groups is 4. The van der Waals surface area contributed by atoms with Gasteiger partial charge in [-0.15, -0.1) is 0 Å². The molecule has 2 aliphatic heterocycles. The zero-order valence-electron chi connectivity index (χ0n) is 15.6. The van der Waals surface area contributed by atoms with Gasteiger partial charge in [-0.25, -0.2) is 0 Å². The van der Waals surface area contributed by atoms with E-state index < -0.39 is 74.3 Å². The van der Waals surface area contributed by atoms with Gasteiger partial charge in [0.05, 0.1) is 31.4 Å². The number of hydrogen-bond donors (Lipinski definition) is 6. The van der Waals surface area contributed by atoms with Crippen molar-refractivity contribution in [1.82, 2.24) is 5.32 Å². The van der Waals surface area contributed by atoms with Crippen LogP contribution in [0.1, 0.15) is 13.8 Å². The van der Waals surface area contributed by atoms with Gasteiger partial charge in [-0.2, -0.15) is 0 Å². The average molecular weight is 394 g/mol. The van der Waals surface area contributed by atoms with Gasteiger partial charge in [0.2, 0.25) is 5.91 Å². The van der Waals surface area contributed by atoms with Crippen molar-refractivity contribution in [2.24, 2.45) is 5.73 Å². The molecule has 10 atom stereocenters. The Morgan fingerprint density at radius 2 is 1.70 bits per heavy atom. The Morgan fingerprint density at radius 3 is 2.22 bits per heavy atom. The average Bonchev–Trinajstić information content (AvgIpc) is 2.63. The smallest absolute Gasteiger partial charge is 0.217 e. The maximum atomic E-state index is 11.4. The van der Waals surface area contributed by atoms with E-state index in [0.29, 0.717) is 0 Å². The van der Waals surface area contributed by atoms with Gasteiger partial charge >= 0.3 is 0 Å². The molecule has 0 saturated carbocycles. The highest BCUT2D eigenvalue weighted by atomic mass is 16.7. The minimum atomic E-state index is -1.23. The number of amides is 1. The SMILES string of the molecule is CO[C@H]1C(CO)OC(O[C@H]2C(O)C(NC(C)=O)C(C)O[C@@H]2CO)C(N)[C@H]1O. The minimum absolute atomic E-state index is 0.361. The summed E-state index contributed by atoms with van der Waals surface area (Å²) in [5, 5.41) is 42.7. The first kappa shape index (κ1) is 22.4. The van der Waals surface area contributed by atoms with Gasteiger partial charge in [-0.3, -0.25) is 4.79 Å². The van der Waals surface area contributed by atoms with Crippen LogP contribution in [0.5, 0.6) is 0 Å². The molecule has 11 heteroatoms. The summed E-state index contributed by atoms with van der Waals surface area (Å²) in [6.07, 6.45) is -7.93. The van der Waals surface area contributed by atoms with Crippen molar-refractivity contribution in [3.63, 3.8) is 0 Å². The summed E-state index contributed by atoms with van der Waals surface area (Å²) in [6, 6.07) is -1.82. The van der Waals surface area contributed by atoms with E-state index in [1.807, 2.05) is 0 Å². The van der Waals surface area contributed by atoms with Gasteiger partial charge in [-0.1, -0.05) is 0 Å². The van der Waals surface area contributed by atoms with Crippen LogP contribution in [0.15, 0.2) is 0 Å². The fourth-order valence-corrected chi connectivity index (χ4v) is 3.55. The highest BCUT2D eigenvalue weighted by Gasteiger charge is 2.49. The van der Waals surface area contributed by atoms with Crippen LogP contribution in [-0.4, -0.2) is 108 Å². The summed E-state index contributed by atoms with van der Waals surface area (Å²) < 4.78 is 22.1. The Hall–Kier alpha value is -0.890. The molecule has 158 valence electrons. The molecule has 0 radical (unpaired) electrons. The molecule has 0 aromatic carbocycles. The topological polar surface area (TPSA) is 173 Å². The van der Waals surface area contributed by atoms with Crippen LogP contribution < -0.4 is 11.1 Å². The largest absolute Gasteiger partial charge is 0.394 e. The van der Waals surface area contributed by atoms with Crippen LogP contribution >= 0.6 is 0 Å². The molecule has 11 nitrogen and oxygen atoms in total. The second kappa shape index (κ2) is 9.54. The molecule has 2 rings (SSSR count). The van der Waals surface area contributed by atoms with Crippen molar-refractivity contribution in [2.75, 3.05) is 20.3 Å². The quantitative estimate of drug-likeness (QED) is 0.265. The van der Waals surface area contributed by atoms with E-state index in [0.717, 1.165) is 0 Å². The molecule has 6 unspecified atom stereocenters. The number of carbonyl (C=O) groups is 1. The monoisotopic (exact) mass is 394 g/mol. The molecular weight excluding hydrogens is 364 g/mol. The maximum Gasteiger partial charge on any atom is 0.217 e. The third-order valence-electron chi connectivity index (χ3n) is 4.98. The molecule has 1 amide bonds. The third kappa shape index (κ3) is 4.75. The highest BCUT2D eigenvalue weighted by molar-refractivity contribution is 5.73. The summed E-state index contributed by atoms with van der Waals surface area (Å²) in [7, 11) is 1.35. The molecule has 2 heterocycles. The van der Waals surface area contributed by atoms with Crippen molar-refractivity contribution in [1.29, 1.82) is 0 Å². The van der Waals surface area contributed by atoms with E-state index in [2.05, 4.69) is 5.32 Å². The lowest BCUT2D eigenvalue weighted by Crippen LogP contribution is -2.68. The molecule has 0 spiro atoms. The number of nitrogens with two attached hydrogens (primary N) is 1. The second-order valence-electron chi connectivity index (χ2n) is 6.87. The first-order chi connectivity index (χ1) is 12.7. The lowest BCUT2D eigenvalue weighted by molar-refractivity contribution is -0.313. The molecule has 27 heavy (non-hydrogen) atoms. The zero-order chi connectivity index (χ0) is 20.3. The molecule has 0 aromatic rings. The Morgan fingerprint density at radius 1 is 1.11 bits per heavy atom. The third-order valence-corrected chi connectivity index (χ3v) is 4.98. The second-order valence-corrected chi connectivity index (χ2v) is 6.87. The standard InChI is InChI=1S/C16H30N2O9/c1-6-11(18-7(2)21)13(23)15(9(5-20)25-6)27-16-10(17)12(22)14(24-3)8(4-19)26-16/h6,8-16,19-20,22-23H,4-5,17H2,1-3H3,(H,18,21)/t6?,8?,9-,10?,11?,12-,13?,14+,15-,16?/m1/s1. The molecule has 0 aromatic heterocycles. The van der Waals surface area contributed by atoms with Gasteiger partial charge < -0.3 is 50.4 Å². The van der Waals surface area contributed by atoms with Crippen LogP contribution in [0.4, 0.5) is 0 Å². The molecule has 2 saturated heterocycles. The van der Waals surface area contributed by atoms with Crippen molar-refractivity contribution in [3.05, 3.63) is 0 Å². The number of carbonyl (C=O) groups excluding carboxylic acids is 1. The molecule has 2 fully saturated rings. The Kier molecular flexibility index (Phi) is 7.92. The fraction of sp³-hybridized carbons (Fsp3) is 0.938. The van der Waals surface area contributed by atoms with E-state index in [1.165, 1.54) is 14.0 Å². The van der Waals surface area contributed by atoms with Crippen molar-refractivity contribution >= 4 is 5.91 Å². The van der Waals surface area contributed by atoms with Gasteiger partial charge in [0.1, 0.15) is 36.6 Å². The van der Waals surface area contributed by atoms with Gasteiger partial charge in [0.25, 0.3) is 0 Å². The van der Waals surface area contributed by atoms with Crippen LogP contribution in [0.3, 0.4) is 0 Å². The first-order valence-electron chi connectivity index (χ1n) is 8.84. The van der Waals surface area contributed by atoms with Crippen LogP contribution in [0.25, 0.3) is 0 Å². The number of methoxy groups -OCH3 is 1. The predicted octanol–water partition coefficient (Wildman–Crippen LogP) is -3.56. The van der Waals surface area contributed by atoms with Crippen LogP contribution in [-0.2, 0) is 23.7 Å². The summed E-state index contributed by atoms with van der Waals surface area (Å²) in [5.41, 5.74) is 5.98. The van der Waals surface area contributed by atoms with E-state index in [-0.39, 0.29) is 5.91 Å². The van der Waals surface area contributed by atoms with Crippen LogP contribution in [0.2, 0.25) is 0 Å². The molecule has 7 N–H and O–H groups in total. The molecular formula is C16H30N2O9. The normalized spacial score (nSPS) is 45.5. The van der Waals surface area contributed by atoms with Gasteiger partial charge in [0.15, 0.2) is 6.29 Å².